The molecule has 1 unspecified atom stereocenters. The molecule has 0 fully saturated rings. The van der Waals surface area contributed by atoms with Gasteiger partial charge in [0.15, 0.2) is 6.17 Å². The van der Waals surface area contributed by atoms with Crippen LogP contribution in [0.3, 0.4) is 0 Å². The summed E-state index contributed by atoms with van der Waals surface area (Å²) in [6, 6.07) is 9.47. The molecule has 0 saturated heterocycles. The smallest absolute Gasteiger partial charge is 0.412 e. The summed E-state index contributed by atoms with van der Waals surface area (Å²) in [5.74, 6) is 0.763. The third kappa shape index (κ3) is 3.98. The van der Waals surface area contributed by atoms with Gasteiger partial charge in [-0.1, -0.05) is 18.2 Å². The van der Waals surface area contributed by atoms with E-state index < -0.39 is 5.60 Å². The summed E-state index contributed by atoms with van der Waals surface area (Å²) in [4.78, 5) is 17.9. The lowest BCUT2D eigenvalue weighted by Gasteiger charge is -2.27. The molecule has 0 aromatic heterocycles. The highest BCUT2D eigenvalue weighted by atomic mass is 16.6. The van der Waals surface area contributed by atoms with Gasteiger partial charge in [-0.3, -0.25) is 9.89 Å². The van der Waals surface area contributed by atoms with Crippen LogP contribution in [0.5, 0.6) is 5.75 Å². The van der Waals surface area contributed by atoms with Crippen molar-refractivity contribution in [2.24, 2.45) is 4.99 Å². The zero-order valence-electron chi connectivity index (χ0n) is 12.1. The minimum absolute atomic E-state index is 0.319. The Morgan fingerprint density at radius 1 is 1.35 bits per heavy atom. The number of hydrogen-bond donors (Lipinski definition) is 0. The van der Waals surface area contributed by atoms with Crippen LogP contribution in [0.25, 0.3) is 0 Å². The average molecular weight is 276 g/mol. The monoisotopic (exact) mass is 276 g/mol. The number of benzene rings is 1. The number of hydrogen-bond acceptors (Lipinski definition) is 4. The summed E-state index contributed by atoms with van der Waals surface area (Å²) in [6.07, 6.45) is 1.02. The highest BCUT2D eigenvalue weighted by molar-refractivity contribution is 5.76. The van der Waals surface area contributed by atoms with E-state index in [1.165, 1.54) is 0 Å². The zero-order valence-corrected chi connectivity index (χ0v) is 12.1. The second-order valence-corrected chi connectivity index (χ2v) is 5.57. The van der Waals surface area contributed by atoms with E-state index in [0.717, 1.165) is 5.75 Å². The number of amides is 1. The molecule has 1 aromatic rings. The Balaban J connectivity index is 1.90. The van der Waals surface area contributed by atoms with Gasteiger partial charge in [0, 0.05) is 6.21 Å². The minimum Gasteiger partial charge on any atom is -0.489 e. The minimum atomic E-state index is -0.509. The maximum atomic E-state index is 12.1. The van der Waals surface area contributed by atoms with Crippen LogP contribution in [-0.4, -0.2) is 42.1 Å². The molecule has 5 nitrogen and oxygen atoms in total. The summed E-state index contributed by atoms with van der Waals surface area (Å²) in [5, 5.41) is 0. The molecular formula is C15H20N2O3. The van der Waals surface area contributed by atoms with Gasteiger partial charge in [-0.2, -0.15) is 0 Å². The van der Waals surface area contributed by atoms with Crippen LogP contribution in [0, 0.1) is 0 Å². The number of ether oxygens (including phenoxy) is 2. The first kappa shape index (κ1) is 14.4. The first-order valence-corrected chi connectivity index (χ1v) is 6.65. The van der Waals surface area contributed by atoms with Crippen molar-refractivity contribution in [1.82, 2.24) is 4.90 Å². The molecule has 2 rings (SSSR count). The summed E-state index contributed by atoms with van der Waals surface area (Å²) in [5.41, 5.74) is -0.509. The highest BCUT2D eigenvalue weighted by Gasteiger charge is 2.30. The summed E-state index contributed by atoms with van der Waals surface area (Å²) < 4.78 is 11.0. The van der Waals surface area contributed by atoms with E-state index in [4.69, 9.17) is 9.47 Å². The second kappa shape index (κ2) is 5.94. The first-order valence-electron chi connectivity index (χ1n) is 6.65. The number of aliphatic imine (C=N–C) groups is 1. The molecular weight excluding hydrogens is 256 g/mol. The molecule has 20 heavy (non-hydrogen) atoms. The van der Waals surface area contributed by atoms with Crippen molar-refractivity contribution >= 4 is 12.3 Å². The van der Waals surface area contributed by atoms with Gasteiger partial charge >= 0.3 is 6.09 Å². The van der Waals surface area contributed by atoms with Gasteiger partial charge in [0.2, 0.25) is 0 Å². The van der Waals surface area contributed by atoms with E-state index >= 15 is 0 Å². The molecule has 0 saturated carbocycles. The van der Waals surface area contributed by atoms with Crippen LogP contribution in [0.1, 0.15) is 20.8 Å². The van der Waals surface area contributed by atoms with Crippen LogP contribution < -0.4 is 4.74 Å². The molecule has 0 spiro atoms. The quantitative estimate of drug-likeness (QED) is 0.853. The fourth-order valence-corrected chi connectivity index (χ4v) is 1.80. The van der Waals surface area contributed by atoms with Gasteiger partial charge in [-0.15, -0.1) is 0 Å². The molecule has 0 radical (unpaired) electrons. The van der Waals surface area contributed by atoms with Crippen LogP contribution in [0.4, 0.5) is 4.79 Å². The molecule has 1 aromatic carbocycles. The molecule has 5 heteroatoms. The Kier molecular flexibility index (Phi) is 4.27. The van der Waals surface area contributed by atoms with Gasteiger partial charge in [0.1, 0.15) is 18.0 Å². The van der Waals surface area contributed by atoms with E-state index in [0.29, 0.717) is 13.2 Å². The molecule has 1 heterocycles. The molecule has 0 aliphatic carbocycles. The van der Waals surface area contributed by atoms with E-state index in [1.54, 1.807) is 11.1 Å². The largest absolute Gasteiger partial charge is 0.489 e. The first-order chi connectivity index (χ1) is 9.46. The summed E-state index contributed by atoms with van der Waals surface area (Å²) >= 11 is 0. The Morgan fingerprint density at radius 2 is 2.05 bits per heavy atom. The lowest BCUT2D eigenvalue weighted by Crippen LogP contribution is -2.42. The lowest BCUT2D eigenvalue weighted by atomic mass is 10.2. The van der Waals surface area contributed by atoms with Crippen molar-refractivity contribution in [2.45, 2.75) is 32.5 Å². The van der Waals surface area contributed by atoms with Crippen LogP contribution >= 0.6 is 0 Å². The Morgan fingerprint density at radius 3 is 2.70 bits per heavy atom. The maximum Gasteiger partial charge on any atom is 0.412 e. The molecule has 0 N–H and O–H groups in total. The predicted molar refractivity (Wildman–Crippen MR) is 77.2 cm³/mol. The molecule has 1 amide bonds. The van der Waals surface area contributed by atoms with Crippen molar-refractivity contribution in [2.75, 3.05) is 13.2 Å². The molecule has 1 aliphatic rings. The van der Waals surface area contributed by atoms with Crippen molar-refractivity contribution in [3.05, 3.63) is 30.3 Å². The second-order valence-electron chi connectivity index (χ2n) is 5.57. The van der Waals surface area contributed by atoms with E-state index in [-0.39, 0.29) is 12.3 Å². The number of nitrogens with zero attached hydrogens (tertiary/aromatic N) is 2. The standard InChI is InChI=1S/C15H20N2O3/c1-15(2,3)20-14(18)17-10-9-16-13(17)11-19-12-7-5-4-6-8-12/h4-9,13H,10-11H2,1-3H3. The van der Waals surface area contributed by atoms with Crippen molar-refractivity contribution in [3.8, 4) is 5.75 Å². The van der Waals surface area contributed by atoms with Gasteiger partial charge in [0.25, 0.3) is 0 Å². The Labute approximate surface area is 119 Å². The normalized spacial score (nSPS) is 18.1. The number of carbonyl (C=O) groups excluding carboxylic acids is 1. The van der Waals surface area contributed by atoms with Crippen molar-refractivity contribution in [3.63, 3.8) is 0 Å². The molecule has 0 bridgehead atoms. The number of rotatable bonds is 3. The van der Waals surface area contributed by atoms with Crippen LogP contribution in [-0.2, 0) is 4.74 Å². The number of para-hydroxylation sites is 1. The molecule has 1 atom stereocenters. The Bertz CT molecular complexity index is 480. The summed E-state index contributed by atoms with van der Waals surface area (Å²) in [7, 11) is 0. The third-order valence-corrected chi connectivity index (χ3v) is 2.69. The lowest BCUT2D eigenvalue weighted by molar-refractivity contribution is 0.0185. The Hall–Kier alpha value is -2.04. The highest BCUT2D eigenvalue weighted by Crippen LogP contribution is 2.16. The van der Waals surface area contributed by atoms with E-state index in [2.05, 4.69) is 4.99 Å². The molecule has 1 aliphatic heterocycles. The van der Waals surface area contributed by atoms with E-state index in [9.17, 15) is 4.79 Å². The average Bonchev–Trinajstić information content (AvgIpc) is 2.84. The van der Waals surface area contributed by atoms with Gasteiger partial charge in [-0.25, -0.2) is 4.79 Å². The molecule has 108 valence electrons. The topological polar surface area (TPSA) is 51.1 Å². The van der Waals surface area contributed by atoms with Crippen LogP contribution in [0.2, 0.25) is 0 Å². The fourth-order valence-electron chi connectivity index (χ4n) is 1.80. The van der Waals surface area contributed by atoms with E-state index in [1.807, 2.05) is 51.1 Å². The predicted octanol–water partition coefficient (Wildman–Crippen LogP) is 2.71. The number of carbonyl (C=O) groups is 1. The van der Waals surface area contributed by atoms with Crippen molar-refractivity contribution in [1.29, 1.82) is 0 Å². The maximum absolute atomic E-state index is 12.1. The third-order valence-electron chi connectivity index (χ3n) is 2.69. The van der Waals surface area contributed by atoms with Gasteiger partial charge < -0.3 is 9.47 Å². The van der Waals surface area contributed by atoms with Crippen LogP contribution in [0.15, 0.2) is 35.3 Å². The van der Waals surface area contributed by atoms with Gasteiger partial charge in [-0.05, 0) is 32.9 Å². The van der Waals surface area contributed by atoms with Gasteiger partial charge in [0.05, 0.1) is 6.54 Å². The SMILES string of the molecule is CC(C)(C)OC(=O)N1CC=NC1COc1ccccc1. The zero-order chi connectivity index (χ0) is 14.6. The van der Waals surface area contributed by atoms with Crippen molar-refractivity contribution < 1.29 is 14.3 Å². The fraction of sp³-hybridized carbons (Fsp3) is 0.467. The summed E-state index contributed by atoms with van der Waals surface area (Å²) in [6.45, 7) is 6.31.